The Labute approximate surface area is 149 Å². The van der Waals surface area contributed by atoms with E-state index in [0.717, 1.165) is 24.8 Å². The molecule has 138 valence electrons. The van der Waals surface area contributed by atoms with Gasteiger partial charge in [0.2, 0.25) is 0 Å². The summed E-state index contributed by atoms with van der Waals surface area (Å²) in [6.07, 6.45) is 6.77. The number of carbonyl (C=O) groups is 1. The molecule has 0 aliphatic carbocycles. The standard InChI is InChI=1S/C20H31FO.C2H6/c1-5-9-15(10-6-2)13-18(20(22)8-4)17-11-12-19(21)16(7-3)14-17;1-2/h11-12,14-15,18H,5-10,13H2,1-4H3;1-2H3. The van der Waals surface area contributed by atoms with Crippen LogP contribution in [0.4, 0.5) is 4.39 Å². The Morgan fingerprint density at radius 2 is 1.62 bits per heavy atom. The molecule has 0 heterocycles. The van der Waals surface area contributed by atoms with E-state index in [0.29, 0.717) is 24.3 Å². The summed E-state index contributed by atoms with van der Waals surface area (Å²) in [5, 5.41) is 0. The summed E-state index contributed by atoms with van der Waals surface area (Å²) >= 11 is 0. The molecule has 0 saturated carbocycles. The maximum Gasteiger partial charge on any atom is 0.140 e. The van der Waals surface area contributed by atoms with Crippen molar-refractivity contribution < 1.29 is 9.18 Å². The van der Waals surface area contributed by atoms with Crippen LogP contribution in [-0.2, 0) is 11.2 Å². The van der Waals surface area contributed by atoms with Crippen LogP contribution >= 0.6 is 0 Å². The van der Waals surface area contributed by atoms with E-state index in [1.165, 1.54) is 18.9 Å². The SMILES string of the molecule is CC.CCCC(CCC)CC(C(=O)CC)c1ccc(F)c(CC)c1. The van der Waals surface area contributed by atoms with Crippen molar-refractivity contribution >= 4 is 5.78 Å². The van der Waals surface area contributed by atoms with E-state index in [-0.39, 0.29) is 17.5 Å². The van der Waals surface area contributed by atoms with Crippen LogP contribution in [0, 0.1) is 11.7 Å². The van der Waals surface area contributed by atoms with Crippen LogP contribution in [0.15, 0.2) is 18.2 Å². The molecule has 0 amide bonds. The minimum absolute atomic E-state index is 0.0704. The number of benzene rings is 1. The Morgan fingerprint density at radius 1 is 1.04 bits per heavy atom. The van der Waals surface area contributed by atoms with Gasteiger partial charge >= 0.3 is 0 Å². The second-order valence-corrected chi connectivity index (χ2v) is 6.26. The molecule has 0 radical (unpaired) electrons. The van der Waals surface area contributed by atoms with Gasteiger partial charge in [0, 0.05) is 12.3 Å². The lowest BCUT2D eigenvalue weighted by Gasteiger charge is -2.23. The topological polar surface area (TPSA) is 17.1 Å². The summed E-state index contributed by atoms with van der Waals surface area (Å²) < 4.78 is 13.7. The van der Waals surface area contributed by atoms with E-state index in [1.54, 1.807) is 0 Å². The van der Waals surface area contributed by atoms with Crippen molar-refractivity contribution in [3.8, 4) is 0 Å². The molecule has 1 aromatic rings. The number of carbonyl (C=O) groups excluding carboxylic acids is 1. The Kier molecular flexibility index (Phi) is 12.5. The number of hydrogen-bond donors (Lipinski definition) is 0. The molecular formula is C22H37FO. The van der Waals surface area contributed by atoms with Gasteiger partial charge in [-0.2, -0.15) is 0 Å². The molecule has 0 aliphatic heterocycles. The second-order valence-electron chi connectivity index (χ2n) is 6.26. The predicted molar refractivity (Wildman–Crippen MR) is 103 cm³/mol. The first-order chi connectivity index (χ1) is 11.6. The van der Waals surface area contributed by atoms with Crippen molar-refractivity contribution in [3.63, 3.8) is 0 Å². The lowest BCUT2D eigenvalue weighted by molar-refractivity contribution is -0.120. The van der Waals surface area contributed by atoms with Crippen molar-refractivity contribution in [2.24, 2.45) is 5.92 Å². The first-order valence-electron chi connectivity index (χ1n) is 9.88. The van der Waals surface area contributed by atoms with Crippen molar-refractivity contribution in [2.75, 3.05) is 0 Å². The molecule has 0 aliphatic rings. The van der Waals surface area contributed by atoms with Crippen LogP contribution in [-0.4, -0.2) is 5.78 Å². The highest BCUT2D eigenvalue weighted by atomic mass is 19.1. The smallest absolute Gasteiger partial charge is 0.140 e. The fourth-order valence-corrected chi connectivity index (χ4v) is 3.31. The van der Waals surface area contributed by atoms with E-state index in [1.807, 2.05) is 39.8 Å². The molecule has 0 spiro atoms. The minimum atomic E-state index is -0.160. The quantitative estimate of drug-likeness (QED) is 0.446. The maximum atomic E-state index is 13.7. The van der Waals surface area contributed by atoms with Gasteiger partial charge in [-0.05, 0) is 36.0 Å². The van der Waals surface area contributed by atoms with Crippen LogP contribution in [0.25, 0.3) is 0 Å². The third kappa shape index (κ3) is 7.15. The van der Waals surface area contributed by atoms with Gasteiger partial charge in [-0.3, -0.25) is 4.79 Å². The summed E-state index contributed by atoms with van der Waals surface area (Å²) in [4.78, 5) is 12.4. The molecule has 1 unspecified atom stereocenters. The first-order valence-corrected chi connectivity index (χ1v) is 9.88. The van der Waals surface area contributed by atoms with Crippen molar-refractivity contribution in [2.45, 2.75) is 92.4 Å². The van der Waals surface area contributed by atoms with Crippen LogP contribution in [0.3, 0.4) is 0 Å². The van der Waals surface area contributed by atoms with Gasteiger partial charge in [0.05, 0.1) is 0 Å². The average Bonchev–Trinajstić information content (AvgIpc) is 2.61. The van der Waals surface area contributed by atoms with Gasteiger partial charge < -0.3 is 0 Å². The Balaban J connectivity index is 0.00000254. The second kappa shape index (κ2) is 13.1. The third-order valence-electron chi connectivity index (χ3n) is 4.55. The van der Waals surface area contributed by atoms with Gasteiger partial charge in [-0.25, -0.2) is 4.39 Å². The Hall–Kier alpha value is -1.18. The zero-order chi connectivity index (χ0) is 18.5. The fourth-order valence-electron chi connectivity index (χ4n) is 3.31. The molecule has 1 rings (SSSR count). The third-order valence-corrected chi connectivity index (χ3v) is 4.55. The molecule has 0 saturated heterocycles. The lowest BCUT2D eigenvalue weighted by Crippen LogP contribution is -2.17. The van der Waals surface area contributed by atoms with Crippen LogP contribution in [0.1, 0.15) is 97.1 Å². The van der Waals surface area contributed by atoms with Crippen molar-refractivity contribution in [3.05, 3.63) is 35.1 Å². The van der Waals surface area contributed by atoms with E-state index in [4.69, 9.17) is 0 Å². The van der Waals surface area contributed by atoms with E-state index >= 15 is 0 Å². The molecule has 0 fully saturated rings. The van der Waals surface area contributed by atoms with Gasteiger partial charge in [-0.1, -0.05) is 79.4 Å². The molecule has 0 aromatic heterocycles. The van der Waals surface area contributed by atoms with Gasteiger partial charge in [0.1, 0.15) is 11.6 Å². The summed E-state index contributed by atoms with van der Waals surface area (Å²) in [5.74, 6) is 0.642. The zero-order valence-corrected chi connectivity index (χ0v) is 16.6. The Morgan fingerprint density at radius 3 is 2.08 bits per heavy atom. The zero-order valence-electron chi connectivity index (χ0n) is 16.6. The molecule has 24 heavy (non-hydrogen) atoms. The summed E-state index contributed by atoms with van der Waals surface area (Å²) in [6.45, 7) is 12.3. The van der Waals surface area contributed by atoms with Crippen LogP contribution < -0.4 is 0 Å². The number of rotatable bonds is 10. The average molecular weight is 337 g/mol. The van der Waals surface area contributed by atoms with Crippen molar-refractivity contribution in [1.82, 2.24) is 0 Å². The van der Waals surface area contributed by atoms with E-state index < -0.39 is 0 Å². The molecule has 1 aromatic carbocycles. The summed E-state index contributed by atoms with van der Waals surface area (Å²) in [6, 6.07) is 5.24. The first kappa shape index (κ1) is 22.8. The van der Waals surface area contributed by atoms with Gasteiger partial charge in [-0.15, -0.1) is 0 Å². The molecule has 1 atom stereocenters. The fraction of sp³-hybridized carbons (Fsp3) is 0.682. The van der Waals surface area contributed by atoms with Crippen LogP contribution in [0.2, 0.25) is 0 Å². The molecule has 1 nitrogen and oxygen atoms in total. The lowest BCUT2D eigenvalue weighted by atomic mass is 9.81. The minimum Gasteiger partial charge on any atom is -0.299 e. The van der Waals surface area contributed by atoms with Gasteiger partial charge in [0.15, 0.2) is 0 Å². The summed E-state index contributed by atoms with van der Waals surface area (Å²) in [7, 11) is 0. The monoisotopic (exact) mass is 336 g/mol. The number of ketones is 1. The Bertz CT molecular complexity index is 461. The number of Topliss-reactive ketones (excluding diaryl/α,β-unsaturated/α-hetero) is 1. The molecule has 0 N–H and O–H groups in total. The number of halogens is 1. The highest BCUT2D eigenvalue weighted by Gasteiger charge is 2.23. The highest BCUT2D eigenvalue weighted by molar-refractivity contribution is 5.85. The van der Waals surface area contributed by atoms with E-state index in [9.17, 15) is 9.18 Å². The highest BCUT2D eigenvalue weighted by Crippen LogP contribution is 2.31. The molecule has 2 heteroatoms. The predicted octanol–water partition coefficient (Wildman–Crippen LogP) is 7.08. The number of hydrogen-bond acceptors (Lipinski definition) is 1. The van der Waals surface area contributed by atoms with Crippen molar-refractivity contribution in [1.29, 1.82) is 0 Å². The largest absolute Gasteiger partial charge is 0.299 e. The maximum absolute atomic E-state index is 13.7. The van der Waals surface area contributed by atoms with Crippen LogP contribution in [0.5, 0.6) is 0 Å². The van der Waals surface area contributed by atoms with E-state index in [2.05, 4.69) is 13.8 Å². The normalized spacial score (nSPS) is 11.8. The number of aryl methyl sites for hydroxylation is 1. The van der Waals surface area contributed by atoms with Gasteiger partial charge in [0.25, 0.3) is 0 Å². The molecule has 0 bridgehead atoms. The molecular weight excluding hydrogens is 299 g/mol. The summed E-state index contributed by atoms with van der Waals surface area (Å²) in [5.41, 5.74) is 1.72.